The maximum atomic E-state index is 12.6. The number of halogens is 4. The lowest BCUT2D eigenvalue weighted by Crippen LogP contribution is -2.35. The molecule has 0 aliphatic heterocycles. The summed E-state index contributed by atoms with van der Waals surface area (Å²) in [6, 6.07) is 11.9. The van der Waals surface area contributed by atoms with Crippen LogP contribution in [0.5, 0.6) is 5.75 Å². The van der Waals surface area contributed by atoms with Crippen LogP contribution in [-0.4, -0.2) is 34.2 Å². The molecule has 0 bridgehead atoms. The number of ether oxygens (including phenoxy) is 1. The zero-order valence-corrected chi connectivity index (χ0v) is 17.4. The number of hydrogen-bond donors (Lipinski definition) is 1. The van der Waals surface area contributed by atoms with Crippen LogP contribution in [0.25, 0.3) is 0 Å². The van der Waals surface area contributed by atoms with Gasteiger partial charge in [0.2, 0.25) is 0 Å². The van der Waals surface area contributed by atoms with Crippen LogP contribution in [0.15, 0.2) is 60.2 Å². The van der Waals surface area contributed by atoms with Crippen LogP contribution in [-0.2, 0) is 19.3 Å². The third-order valence-corrected chi connectivity index (χ3v) is 5.44. The molecule has 4 nitrogen and oxygen atoms in total. The van der Waals surface area contributed by atoms with Crippen molar-refractivity contribution < 1.29 is 23.0 Å². The predicted octanol–water partition coefficient (Wildman–Crippen LogP) is 5.26. The van der Waals surface area contributed by atoms with Gasteiger partial charge in [-0.2, -0.15) is 13.2 Å². The van der Waals surface area contributed by atoms with E-state index in [9.17, 15) is 18.3 Å². The van der Waals surface area contributed by atoms with E-state index in [1.165, 1.54) is 23.5 Å². The van der Waals surface area contributed by atoms with E-state index in [1.807, 2.05) is 29.2 Å². The van der Waals surface area contributed by atoms with Gasteiger partial charge in [-0.25, -0.2) is 0 Å². The van der Waals surface area contributed by atoms with E-state index in [0.29, 0.717) is 24.7 Å². The molecule has 0 fully saturated rings. The van der Waals surface area contributed by atoms with Gasteiger partial charge in [-0.15, -0.1) is 11.3 Å². The number of benzene rings is 2. The van der Waals surface area contributed by atoms with Crippen molar-refractivity contribution in [2.24, 2.45) is 0 Å². The predicted molar refractivity (Wildman–Crippen MR) is 111 cm³/mol. The Balaban J connectivity index is 1.59. The Morgan fingerprint density at radius 3 is 2.47 bits per heavy atom. The van der Waals surface area contributed by atoms with Crippen molar-refractivity contribution in [3.63, 3.8) is 0 Å². The van der Waals surface area contributed by atoms with Crippen molar-refractivity contribution in [2.45, 2.75) is 25.4 Å². The van der Waals surface area contributed by atoms with Crippen LogP contribution < -0.4 is 4.74 Å². The second-order valence-electron chi connectivity index (χ2n) is 6.72. The fraction of sp³-hybridized carbons (Fsp3) is 0.286. The number of nitrogens with zero attached hydrogens (tertiary/aromatic N) is 2. The number of rotatable bonds is 9. The Kier molecular flexibility index (Phi) is 7.71. The molecule has 0 amide bonds. The zero-order chi connectivity index (χ0) is 21.6. The van der Waals surface area contributed by atoms with Gasteiger partial charge in [-0.3, -0.25) is 9.88 Å². The molecule has 9 heteroatoms. The molecule has 0 aliphatic carbocycles. The fourth-order valence-corrected chi connectivity index (χ4v) is 3.71. The summed E-state index contributed by atoms with van der Waals surface area (Å²) in [6.07, 6.45) is -3.47. The average molecular weight is 457 g/mol. The summed E-state index contributed by atoms with van der Waals surface area (Å²) in [4.78, 5) is 7.14. The molecule has 0 radical (unpaired) electrons. The van der Waals surface area contributed by atoms with Crippen molar-refractivity contribution in [3.05, 3.63) is 81.3 Å². The Morgan fingerprint density at radius 1 is 1.10 bits per heavy atom. The minimum atomic E-state index is -4.39. The molecule has 0 aliphatic rings. The first kappa shape index (κ1) is 22.6. The second kappa shape index (κ2) is 10.3. The van der Waals surface area contributed by atoms with Gasteiger partial charge in [-0.1, -0.05) is 29.8 Å². The fourth-order valence-electron chi connectivity index (χ4n) is 2.88. The number of alkyl halides is 3. The largest absolute Gasteiger partial charge is 0.491 e. The van der Waals surface area contributed by atoms with Gasteiger partial charge in [0.25, 0.3) is 0 Å². The first-order chi connectivity index (χ1) is 14.3. The highest BCUT2D eigenvalue weighted by Gasteiger charge is 2.30. The highest BCUT2D eigenvalue weighted by atomic mass is 35.5. The van der Waals surface area contributed by atoms with Crippen LogP contribution in [0.2, 0.25) is 5.02 Å². The van der Waals surface area contributed by atoms with Gasteiger partial charge >= 0.3 is 6.18 Å². The monoisotopic (exact) mass is 456 g/mol. The third kappa shape index (κ3) is 6.70. The smallest absolute Gasteiger partial charge is 0.416 e. The highest BCUT2D eigenvalue weighted by Crippen LogP contribution is 2.30. The maximum absolute atomic E-state index is 12.6. The van der Waals surface area contributed by atoms with Gasteiger partial charge in [0.1, 0.15) is 18.5 Å². The van der Waals surface area contributed by atoms with Crippen molar-refractivity contribution in [1.82, 2.24) is 9.88 Å². The van der Waals surface area contributed by atoms with Crippen LogP contribution in [0, 0.1) is 0 Å². The first-order valence-electron chi connectivity index (χ1n) is 9.12. The molecule has 0 spiro atoms. The topological polar surface area (TPSA) is 45.6 Å². The Labute approximate surface area is 181 Å². The molecule has 160 valence electrons. The van der Waals surface area contributed by atoms with Gasteiger partial charge in [0, 0.05) is 35.7 Å². The van der Waals surface area contributed by atoms with Crippen LogP contribution in [0.3, 0.4) is 0 Å². The normalized spacial score (nSPS) is 12.9. The van der Waals surface area contributed by atoms with E-state index in [0.717, 1.165) is 22.6 Å². The first-order valence-corrected chi connectivity index (χ1v) is 10.4. The molecule has 2 aromatic carbocycles. The Morgan fingerprint density at radius 2 is 1.83 bits per heavy atom. The van der Waals surface area contributed by atoms with Gasteiger partial charge in [-0.05, 0) is 35.9 Å². The number of aliphatic hydroxyl groups is 1. The molecular formula is C21H20ClF3N2O2S. The summed E-state index contributed by atoms with van der Waals surface area (Å²) in [7, 11) is 0. The van der Waals surface area contributed by atoms with Crippen molar-refractivity contribution in [2.75, 3.05) is 13.2 Å². The SMILES string of the molecule is OC(COc1ccc(C(F)(F)F)cc1)CN(Cc1cncs1)Cc1ccccc1Cl. The molecule has 3 rings (SSSR count). The van der Waals surface area contributed by atoms with E-state index < -0.39 is 17.8 Å². The maximum Gasteiger partial charge on any atom is 0.416 e. The lowest BCUT2D eigenvalue weighted by atomic mass is 10.2. The number of thiazole rings is 1. The average Bonchev–Trinajstić information content (AvgIpc) is 3.21. The highest BCUT2D eigenvalue weighted by molar-refractivity contribution is 7.09. The van der Waals surface area contributed by atoms with Gasteiger partial charge in [0.15, 0.2) is 0 Å². The standard InChI is InChI=1S/C21H20ClF3N2O2S/c22-20-4-2-1-3-15(20)10-27(12-19-9-26-14-30-19)11-17(28)13-29-18-7-5-16(6-8-18)21(23,24)25/h1-9,14,17,28H,10-13H2. The minimum Gasteiger partial charge on any atom is -0.491 e. The van der Waals surface area contributed by atoms with E-state index in [2.05, 4.69) is 4.98 Å². The summed E-state index contributed by atoms with van der Waals surface area (Å²) in [5, 5.41) is 11.1. The van der Waals surface area contributed by atoms with Crippen LogP contribution in [0.4, 0.5) is 13.2 Å². The van der Waals surface area contributed by atoms with Crippen molar-refractivity contribution >= 4 is 22.9 Å². The molecule has 1 heterocycles. The van der Waals surface area contributed by atoms with Crippen molar-refractivity contribution in [1.29, 1.82) is 0 Å². The molecular weight excluding hydrogens is 437 g/mol. The third-order valence-electron chi connectivity index (χ3n) is 4.31. The minimum absolute atomic E-state index is 0.0485. The molecule has 0 saturated heterocycles. The summed E-state index contributed by atoms with van der Waals surface area (Å²) >= 11 is 7.79. The van der Waals surface area contributed by atoms with Crippen molar-refractivity contribution in [3.8, 4) is 5.75 Å². The molecule has 1 N–H and O–H groups in total. The zero-order valence-electron chi connectivity index (χ0n) is 15.8. The second-order valence-corrected chi connectivity index (χ2v) is 8.09. The quantitative estimate of drug-likeness (QED) is 0.477. The van der Waals surface area contributed by atoms with E-state index in [1.54, 1.807) is 11.7 Å². The summed E-state index contributed by atoms with van der Waals surface area (Å²) in [5.41, 5.74) is 1.93. The summed E-state index contributed by atoms with van der Waals surface area (Å²) < 4.78 is 43.4. The van der Waals surface area contributed by atoms with Crippen LogP contribution in [0.1, 0.15) is 16.0 Å². The lowest BCUT2D eigenvalue weighted by Gasteiger charge is -2.25. The number of aliphatic hydroxyl groups excluding tert-OH is 1. The van der Waals surface area contributed by atoms with E-state index in [4.69, 9.17) is 16.3 Å². The molecule has 0 saturated carbocycles. The molecule has 30 heavy (non-hydrogen) atoms. The number of hydrogen-bond acceptors (Lipinski definition) is 5. The van der Waals surface area contributed by atoms with E-state index >= 15 is 0 Å². The van der Waals surface area contributed by atoms with Gasteiger partial charge < -0.3 is 9.84 Å². The number of aromatic nitrogens is 1. The molecule has 1 unspecified atom stereocenters. The van der Waals surface area contributed by atoms with E-state index in [-0.39, 0.29) is 12.4 Å². The lowest BCUT2D eigenvalue weighted by molar-refractivity contribution is -0.137. The molecule has 1 atom stereocenters. The summed E-state index contributed by atoms with van der Waals surface area (Å²) in [5.74, 6) is 0.266. The summed E-state index contributed by atoms with van der Waals surface area (Å²) in [6.45, 7) is 1.35. The molecule has 3 aromatic rings. The Bertz CT molecular complexity index is 921. The van der Waals surface area contributed by atoms with Gasteiger partial charge in [0.05, 0.1) is 11.1 Å². The van der Waals surface area contributed by atoms with Crippen LogP contribution >= 0.6 is 22.9 Å². The molecule has 1 aromatic heterocycles. The Hall–Kier alpha value is -2.13.